The number of nitrogens with zero attached hydrogens (tertiary/aromatic N) is 1. The predicted octanol–water partition coefficient (Wildman–Crippen LogP) is 3.94. The normalized spacial score (nSPS) is 16.9. The van der Waals surface area contributed by atoms with Gasteiger partial charge in [0.1, 0.15) is 5.76 Å². The number of hydrogen-bond acceptors (Lipinski definition) is 3. The molecule has 126 valence electrons. The first-order chi connectivity index (χ1) is 11.7. The summed E-state index contributed by atoms with van der Waals surface area (Å²) in [7, 11) is 0. The van der Waals surface area contributed by atoms with E-state index >= 15 is 0 Å². The van der Waals surface area contributed by atoms with Crippen LogP contribution < -0.4 is 5.32 Å². The van der Waals surface area contributed by atoms with E-state index in [4.69, 9.17) is 4.74 Å². The molecule has 2 aliphatic rings. The Morgan fingerprint density at radius 2 is 2.25 bits per heavy atom. The summed E-state index contributed by atoms with van der Waals surface area (Å²) in [6.07, 6.45) is 8.98. The smallest absolute Gasteiger partial charge is 0.251 e. The SMILES string of the molecule is C/C=C(/CNC(=O)c1ccc(C2=NC=CC2)cc1C1CC1)OCC. The molecule has 0 atom stereocenters. The van der Waals surface area contributed by atoms with Crippen LogP contribution in [0.4, 0.5) is 0 Å². The molecule has 1 fully saturated rings. The molecule has 1 saturated carbocycles. The molecule has 0 aromatic heterocycles. The Kier molecular flexibility index (Phi) is 5.14. The zero-order valence-corrected chi connectivity index (χ0v) is 14.3. The van der Waals surface area contributed by atoms with Crippen LogP contribution in [0.15, 0.2) is 47.3 Å². The maximum Gasteiger partial charge on any atom is 0.251 e. The zero-order chi connectivity index (χ0) is 16.9. The highest BCUT2D eigenvalue weighted by Crippen LogP contribution is 2.42. The summed E-state index contributed by atoms with van der Waals surface area (Å²) in [6.45, 7) is 4.88. The minimum Gasteiger partial charge on any atom is -0.497 e. The molecule has 1 N–H and O–H groups in total. The van der Waals surface area contributed by atoms with Gasteiger partial charge in [-0.3, -0.25) is 9.79 Å². The number of amides is 1. The number of rotatable bonds is 7. The molecule has 0 unspecified atom stereocenters. The molecule has 0 bridgehead atoms. The van der Waals surface area contributed by atoms with E-state index in [0.29, 0.717) is 19.1 Å². The Morgan fingerprint density at radius 3 is 2.88 bits per heavy atom. The summed E-state index contributed by atoms with van der Waals surface area (Å²) in [5.74, 6) is 1.27. The summed E-state index contributed by atoms with van der Waals surface area (Å²) in [5, 5.41) is 2.97. The molecule has 3 rings (SSSR count). The van der Waals surface area contributed by atoms with Crippen LogP contribution in [0.1, 0.15) is 60.5 Å². The van der Waals surface area contributed by atoms with Crippen LogP contribution in [0, 0.1) is 0 Å². The van der Waals surface area contributed by atoms with E-state index in [-0.39, 0.29) is 5.91 Å². The van der Waals surface area contributed by atoms with Gasteiger partial charge >= 0.3 is 0 Å². The number of allylic oxidation sites excluding steroid dienone is 2. The topological polar surface area (TPSA) is 50.7 Å². The highest BCUT2D eigenvalue weighted by Gasteiger charge is 2.28. The fraction of sp³-hybridized carbons (Fsp3) is 0.400. The number of nitrogens with one attached hydrogen (secondary N) is 1. The van der Waals surface area contributed by atoms with E-state index in [1.165, 1.54) is 0 Å². The van der Waals surface area contributed by atoms with Crippen molar-refractivity contribution in [2.45, 2.75) is 39.0 Å². The van der Waals surface area contributed by atoms with Crippen molar-refractivity contribution in [1.29, 1.82) is 0 Å². The third kappa shape index (κ3) is 3.75. The van der Waals surface area contributed by atoms with Crippen molar-refractivity contribution in [3.05, 3.63) is 59.0 Å². The number of carbonyl (C=O) groups excluding carboxylic acids is 1. The van der Waals surface area contributed by atoms with Crippen molar-refractivity contribution in [2.75, 3.05) is 13.2 Å². The van der Waals surface area contributed by atoms with Crippen molar-refractivity contribution in [3.63, 3.8) is 0 Å². The van der Waals surface area contributed by atoms with Crippen LogP contribution >= 0.6 is 0 Å². The second-order valence-corrected chi connectivity index (χ2v) is 6.11. The first-order valence-corrected chi connectivity index (χ1v) is 8.65. The molecule has 1 aliphatic heterocycles. The summed E-state index contributed by atoms with van der Waals surface area (Å²) in [5.41, 5.74) is 4.14. The zero-order valence-electron chi connectivity index (χ0n) is 14.3. The van der Waals surface area contributed by atoms with E-state index in [2.05, 4.69) is 22.5 Å². The fourth-order valence-electron chi connectivity index (χ4n) is 2.92. The molecule has 4 heteroatoms. The van der Waals surface area contributed by atoms with Gasteiger partial charge in [0.2, 0.25) is 0 Å². The molecule has 1 heterocycles. The van der Waals surface area contributed by atoms with E-state index in [9.17, 15) is 4.79 Å². The van der Waals surface area contributed by atoms with E-state index < -0.39 is 0 Å². The van der Waals surface area contributed by atoms with Crippen LogP contribution in [-0.2, 0) is 4.74 Å². The van der Waals surface area contributed by atoms with Gasteiger partial charge in [0.05, 0.1) is 18.9 Å². The van der Waals surface area contributed by atoms with E-state index in [1.54, 1.807) is 0 Å². The second-order valence-electron chi connectivity index (χ2n) is 6.11. The van der Waals surface area contributed by atoms with Crippen LogP contribution in [0.2, 0.25) is 0 Å². The van der Waals surface area contributed by atoms with Crippen LogP contribution in [0.5, 0.6) is 0 Å². The largest absolute Gasteiger partial charge is 0.497 e. The lowest BCUT2D eigenvalue weighted by Crippen LogP contribution is -2.27. The summed E-state index contributed by atoms with van der Waals surface area (Å²) in [4.78, 5) is 17.0. The molecule has 24 heavy (non-hydrogen) atoms. The minimum absolute atomic E-state index is 0.0333. The lowest BCUT2D eigenvalue weighted by Gasteiger charge is -2.13. The highest BCUT2D eigenvalue weighted by molar-refractivity contribution is 6.04. The molecule has 1 aromatic rings. The van der Waals surface area contributed by atoms with Gasteiger partial charge < -0.3 is 10.1 Å². The molecule has 0 radical (unpaired) electrons. The van der Waals surface area contributed by atoms with Gasteiger partial charge in [-0.05, 0) is 61.9 Å². The van der Waals surface area contributed by atoms with E-state index in [0.717, 1.165) is 47.4 Å². The second kappa shape index (κ2) is 7.47. The van der Waals surface area contributed by atoms with Gasteiger partial charge in [-0.1, -0.05) is 12.1 Å². The third-order valence-corrected chi connectivity index (χ3v) is 4.37. The van der Waals surface area contributed by atoms with Crippen molar-refractivity contribution < 1.29 is 9.53 Å². The van der Waals surface area contributed by atoms with Gasteiger partial charge in [0.15, 0.2) is 0 Å². The standard InChI is InChI=1S/C20H24N2O2/c1-3-16(24-4-2)13-22-20(23)17-10-9-15(19-6-5-11-21-19)12-18(17)14-7-8-14/h3,5,9-12,14H,4,6-8,13H2,1-2H3,(H,22,23)/b16-3-. The van der Waals surface area contributed by atoms with Crippen molar-refractivity contribution >= 4 is 11.6 Å². The maximum absolute atomic E-state index is 12.6. The van der Waals surface area contributed by atoms with E-state index in [1.807, 2.05) is 38.3 Å². The first-order valence-electron chi connectivity index (χ1n) is 8.65. The van der Waals surface area contributed by atoms with Crippen LogP contribution in [-0.4, -0.2) is 24.8 Å². The number of benzene rings is 1. The summed E-state index contributed by atoms with van der Waals surface area (Å²) >= 11 is 0. The average Bonchev–Trinajstić information content (AvgIpc) is 3.31. The van der Waals surface area contributed by atoms with Crippen molar-refractivity contribution in [1.82, 2.24) is 5.32 Å². The third-order valence-electron chi connectivity index (χ3n) is 4.37. The monoisotopic (exact) mass is 324 g/mol. The molecule has 1 amide bonds. The van der Waals surface area contributed by atoms with Gasteiger partial charge in [-0.2, -0.15) is 0 Å². The average molecular weight is 324 g/mol. The molecular weight excluding hydrogens is 300 g/mol. The summed E-state index contributed by atoms with van der Waals surface area (Å²) < 4.78 is 5.48. The number of carbonyl (C=O) groups is 1. The molecule has 0 spiro atoms. The minimum atomic E-state index is -0.0333. The molecule has 1 aliphatic carbocycles. The van der Waals surface area contributed by atoms with Crippen molar-refractivity contribution in [2.24, 2.45) is 4.99 Å². The first kappa shape index (κ1) is 16.5. The maximum atomic E-state index is 12.6. The highest BCUT2D eigenvalue weighted by atomic mass is 16.5. The molecular formula is C20H24N2O2. The quantitative estimate of drug-likeness (QED) is 0.772. The van der Waals surface area contributed by atoms with Gasteiger partial charge in [-0.15, -0.1) is 0 Å². The van der Waals surface area contributed by atoms with Crippen molar-refractivity contribution in [3.8, 4) is 0 Å². The number of ether oxygens (including phenoxy) is 1. The Hall–Kier alpha value is -2.36. The van der Waals surface area contributed by atoms with Gasteiger partial charge in [-0.25, -0.2) is 0 Å². The van der Waals surface area contributed by atoms with Gasteiger partial charge in [0, 0.05) is 18.2 Å². The molecule has 1 aromatic carbocycles. The Morgan fingerprint density at radius 1 is 1.42 bits per heavy atom. The van der Waals surface area contributed by atoms with Crippen LogP contribution in [0.3, 0.4) is 0 Å². The molecule has 4 nitrogen and oxygen atoms in total. The lowest BCUT2D eigenvalue weighted by atomic mass is 9.97. The summed E-state index contributed by atoms with van der Waals surface area (Å²) in [6, 6.07) is 6.10. The van der Waals surface area contributed by atoms with Gasteiger partial charge in [0.25, 0.3) is 5.91 Å². The van der Waals surface area contributed by atoms with Crippen LogP contribution in [0.25, 0.3) is 0 Å². The predicted molar refractivity (Wildman–Crippen MR) is 96.4 cm³/mol. The Balaban J connectivity index is 1.76. The number of hydrogen-bond donors (Lipinski definition) is 1. The lowest BCUT2D eigenvalue weighted by molar-refractivity contribution is 0.0946. The fourth-order valence-corrected chi connectivity index (χ4v) is 2.92. The Labute approximate surface area is 143 Å². The molecule has 0 saturated heterocycles. The Bertz CT molecular complexity index is 712. The number of aliphatic imine (C=N–C) groups is 1.